The zero-order valence-corrected chi connectivity index (χ0v) is 17.5. The number of aromatic nitrogens is 5. The van der Waals surface area contributed by atoms with Crippen molar-refractivity contribution < 1.29 is 9.53 Å². The molecule has 0 aliphatic heterocycles. The lowest BCUT2D eigenvalue weighted by molar-refractivity contribution is 0.0995. The molecule has 11 heteroatoms. The number of hydrogen-bond donors (Lipinski definition) is 4. The minimum atomic E-state index is -0.732. The predicted octanol–water partition coefficient (Wildman–Crippen LogP) is 1.17. The van der Waals surface area contributed by atoms with Crippen molar-refractivity contribution in [2.24, 2.45) is 11.5 Å². The van der Waals surface area contributed by atoms with Gasteiger partial charge in [0.15, 0.2) is 11.5 Å². The molecule has 2 aromatic heterocycles. The van der Waals surface area contributed by atoms with E-state index in [-0.39, 0.29) is 29.5 Å². The van der Waals surface area contributed by atoms with Crippen molar-refractivity contribution in [3.05, 3.63) is 29.6 Å². The highest BCUT2D eigenvalue weighted by atomic mass is 16.5. The molecule has 6 N–H and O–H groups in total. The molecule has 0 saturated carbocycles. The second kappa shape index (κ2) is 9.01. The summed E-state index contributed by atoms with van der Waals surface area (Å²) in [5.41, 5.74) is 14.3. The van der Waals surface area contributed by atoms with E-state index in [1.807, 2.05) is 37.6 Å². The van der Waals surface area contributed by atoms with Gasteiger partial charge in [-0.25, -0.2) is 0 Å². The summed E-state index contributed by atoms with van der Waals surface area (Å²) in [6.07, 6.45) is 1.80. The first-order valence-electron chi connectivity index (χ1n) is 9.62. The molecule has 11 nitrogen and oxygen atoms in total. The number of carbonyl (C=O) groups excluding carboxylic acids is 1. The lowest BCUT2D eigenvalue weighted by Crippen LogP contribution is -2.41. The summed E-state index contributed by atoms with van der Waals surface area (Å²) in [6, 6.07) is 3.43. The number of aryl methyl sites for hydroxylation is 2. The van der Waals surface area contributed by atoms with Crippen molar-refractivity contribution in [2.45, 2.75) is 39.4 Å². The van der Waals surface area contributed by atoms with Gasteiger partial charge in [-0.2, -0.15) is 10.1 Å². The Labute approximate surface area is 174 Å². The van der Waals surface area contributed by atoms with Gasteiger partial charge in [0.1, 0.15) is 0 Å². The quantitative estimate of drug-likeness (QED) is 0.404. The molecule has 0 radical (unpaired) electrons. The molecule has 30 heavy (non-hydrogen) atoms. The molecule has 2 atom stereocenters. The number of carbonyl (C=O) groups is 1. The van der Waals surface area contributed by atoms with Crippen LogP contribution in [-0.4, -0.2) is 56.7 Å². The van der Waals surface area contributed by atoms with E-state index in [0.717, 1.165) is 28.7 Å². The summed E-state index contributed by atoms with van der Waals surface area (Å²) in [5, 5.41) is 19.5. The molecule has 1 aromatic carbocycles. The zero-order chi connectivity index (χ0) is 21.8. The van der Waals surface area contributed by atoms with E-state index in [4.69, 9.17) is 16.2 Å². The van der Waals surface area contributed by atoms with Gasteiger partial charge in [0.25, 0.3) is 5.91 Å². The highest BCUT2D eigenvalue weighted by molar-refractivity contribution is 5.96. The van der Waals surface area contributed by atoms with Crippen LogP contribution in [0.4, 0.5) is 17.5 Å². The van der Waals surface area contributed by atoms with Gasteiger partial charge < -0.3 is 26.8 Å². The molecule has 0 aliphatic rings. The van der Waals surface area contributed by atoms with Crippen LogP contribution in [0.3, 0.4) is 0 Å². The Morgan fingerprint density at radius 1 is 1.33 bits per heavy atom. The normalized spacial score (nSPS) is 13.2. The summed E-state index contributed by atoms with van der Waals surface area (Å²) in [4.78, 5) is 16.2. The van der Waals surface area contributed by atoms with Crippen molar-refractivity contribution >= 4 is 34.3 Å². The van der Waals surface area contributed by atoms with Crippen LogP contribution < -0.4 is 22.1 Å². The molecule has 0 unspecified atom stereocenters. The van der Waals surface area contributed by atoms with Gasteiger partial charge in [-0.3, -0.25) is 9.48 Å². The Kier molecular flexibility index (Phi) is 6.43. The molecule has 0 fully saturated rings. The highest BCUT2D eigenvalue weighted by Gasteiger charge is 2.18. The van der Waals surface area contributed by atoms with Crippen LogP contribution in [-0.2, 0) is 11.3 Å². The van der Waals surface area contributed by atoms with Gasteiger partial charge in [-0.15, -0.1) is 10.2 Å². The number of fused-ring (bicyclic) bond motifs is 1. The van der Waals surface area contributed by atoms with Crippen molar-refractivity contribution in [3.63, 3.8) is 0 Å². The first-order valence-corrected chi connectivity index (χ1v) is 9.62. The number of ether oxygens (including phenoxy) is 1. The summed E-state index contributed by atoms with van der Waals surface area (Å²) >= 11 is 0. The third-order valence-corrected chi connectivity index (χ3v) is 4.76. The van der Waals surface area contributed by atoms with Crippen molar-refractivity contribution in [1.82, 2.24) is 25.0 Å². The number of nitrogens with two attached hydrogens (primary N) is 2. The standard InChI is InChI=1S/C19H27N9O2/c1-5-28-16-10(2)6-13(7-12(16)8-22-28)24-18-15(17(21)29)26-27-19(25-18)23-11(3)14(20)9-30-4/h6-8,11,14H,5,9,20H2,1-4H3,(H2,21,29)(H2,23,24,25,27)/t11-,14+/m1/s1. The topological polar surface area (TPSA) is 159 Å². The Hall–Kier alpha value is -3.31. The lowest BCUT2D eigenvalue weighted by Gasteiger charge is -2.20. The van der Waals surface area contributed by atoms with Crippen LogP contribution in [0.2, 0.25) is 0 Å². The molecule has 0 saturated heterocycles. The van der Waals surface area contributed by atoms with Gasteiger partial charge in [-0.1, -0.05) is 0 Å². The Balaban J connectivity index is 1.92. The average Bonchev–Trinajstić information content (AvgIpc) is 3.11. The van der Waals surface area contributed by atoms with Crippen molar-refractivity contribution in [2.75, 3.05) is 24.4 Å². The number of hydrogen-bond acceptors (Lipinski definition) is 9. The Morgan fingerprint density at radius 3 is 2.77 bits per heavy atom. The fourth-order valence-corrected chi connectivity index (χ4v) is 3.18. The maximum absolute atomic E-state index is 11.8. The molecule has 2 heterocycles. The third-order valence-electron chi connectivity index (χ3n) is 4.76. The minimum Gasteiger partial charge on any atom is -0.383 e. The number of nitrogens with one attached hydrogen (secondary N) is 2. The summed E-state index contributed by atoms with van der Waals surface area (Å²) in [5.74, 6) is -0.308. The number of anilines is 3. The highest BCUT2D eigenvalue weighted by Crippen LogP contribution is 2.26. The van der Waals surface area contributed by atoms with Gasteiger partial charge in [-0.05, 0) is 38.5 Å². The SMILES string of the molecule is CCn1ncc2cc(Nc3nc(N[C@H](C)[C@@H](N)COC)nnc3C(N)=O)cc(C)c21. The summed E-state index contributed by atoms with van der Waals surface area (Å²) in [6.45, 7) is 7.07. The minimum absolute atomic E-state index is 0.0589. The second-order valence-electron chi connectivity index (χ2n) is 7.07. The smallest absolute Gasteiger partial charge is 0.273 e. The van der Waals surface area contributed by atoms with Crippen LogP contribution in [0.15, 0.2) is 18.3 Å². The summed E-state index contributed by atoms with van der Waals surface area (Å²) in [7, 11) is 1.58. The van der Waals surface area contributed by atoms with E-state index in [0.29, 0.717) is 6.61 Å². The third kappa shape index (κ3) is 4.47. The van der Waals surface area contributed by atoms with Crippen LogP contribution >= 0.6 is 0 Å². The molecule has 0 aliphatic carbocycles. The van der Waals surface area contributed by atoms with Crippen molar-refractivity contribution in [3.8, 4) is 0 Å². The molecule has 3 rings (SSSR count). The Bertz CT molecular complexity index is 1050. The Morgan fingerprint density at radius 2 is 2.10 bits per heavy atom. The molecule has 1 amide bonds. The van der Waals surface area contributed by atoms with E-state index >= 15 is 0 Å². The van der Waals surface area contributed by atoms with Gasteiger partial charge in [0, 0.05) is 36.8 Å². The van der Waals surface area contributed by atoms with Gasteiger partial charge >= 0.3 is 0 Å². The van der Waals surface area contributed by atoms with Crippen LogP contribution in [0.25, 0.3) is 10.9 Å². The fraction of sp³-hybridized carbons (Fsp3) is 0.421. The average molecular weight is 413 g/mol. The number of benzene rings is 1. The molecule has 0 spiro atoms. The number of methoxy groups -OCH3 is 1. The fourth-order valence-electron chi connectivity index (χ4n) is 3.18. The van der Waals surface area contributed by atoms with Gasteiger partial charge in [0.05, 0.1) is 18.3 Å². The van der Waals surface area contributed by atoms with Crippen LogP contribution in [0.5, 0.6) is 0 Å². The number of amides is 1. The summed E-state index contributed by atoms with van der Waals surface area (Å²) < 4.78 is 7.00. The van der Waals surface area contributed by atoms with E-state index in [2.05, 4.69) is 30.9 Å². The van der Waals surface area contributed by atoms with E-state index in [9.17, 15) is 4.79 Å². The monoisotopic (exact) mass is 413 g/mol. The van der Waals surface area contributed by atoms with Gasteiger partial charge in [0.2, 0.25) is 5.95 Å². The zero-order valence-electron chi connectivity index (χ0n) is 17.5. The molecule has 3 aromatic rings. The molecule has 0 bridgehead atoms. The molecular weight excluding hydrogens is 386 g/mol. The van der Waals surface area contributed by atoms with E-state index in [1.54, 1.807) is 13.3 Å². The number of primary amides is 1. The lowest BCUT2D eigenvalue weighted by atomic mass is 10.1. The first-order chi connectivity index (χ1) is 14.3. The van der Waals surface area contributed by atoms with Crippen LogP contribution in [0.1, 0.15) is 29.9 Å². The molecular formula is C19H27N9O2. The second-order valence-corrected chi connectivity index (χ2v) is 7.07. The maximum Gasteiger partial charge on any atom is 0.273 e. The maximum atomic E-state index is 11.8. The first kappa shape index (κ1) is 21.4. The molecule has 160 valence electrons. The van der Waals surface area contributed by atoms with Crippen LogP contribution in [0, 0.1) is 6.92 Å². The van der Waals surface area contributed by atoms with E-state index < -0.39 is 5.91 Å². The van der Waals surface area contributed by atoms with E-state index in [1.165, 1.54) is 0 Å². The largest absolute Gasteiger partial charge is 0.383 e. The number of nitrogens with zero attached hydrogens (tertiary/aromatic N) is 5. The number of rotatable bonds is 9. The predicted molar refractivity (Wildman–Crippen MR) is 115 cm³/mol. The van der Waals surface area contributed by atoms with Crippen molar-refractivity contribution in [1.29, 1.82) is 0 Å².